The number of thiazole rings is 1. The van der Waals surface area contributed by atoms with Crippen molar-refractivity contribution in [1.29, 1.82) is 0 Å². The molecule has 0 atom stereocenters. The van der Waals surface area contributed by atoms with E-state index in [4.69, 9.17) is 4.52 Å². The monoisotopic (exact) mass is 426 g/mol. The Morgan fingerprint density at radius 1 is 1.03 bits per heavy atom. The summed E-state index contributed by atoms with van der Waals surface area (Å²) in [5.74, 6) is -0.181. The fourth-order valence-electron chi connectivity index (χ4n) is 2.73. The fraction of sp³-hybridized carbons (Fsp3) is 0.143. The average molecular weight is 426 g/mol. The standard InChI is InChI=1S/C21H16F2N4O2S/c22-15-5-1-13(2-6-15)11-17-12-24-21(30-17)25-18(28)9-10-19-26-20(27-29-19)14-3-7-16(23)8-4-14/h1-8,12H,9-11H2,(H,24,25,28). The van der Waals surface area contributed by atoms with Gasteiger partial charge in [-0.3, -0.25) is 4.79 Å². The van der Waals surface area contributed by atoms with Crippen LogP contribution in [0, 0.1) is 11.6 Å². The van der Waals surface area contributed by atoms with E-state index in [1.807, 2.05) is 0 Å². The summed E-state index contributed by atoms with van der Waals surface area (Å²) in [6.45, 7) is 0. The molecule has 0 saturated heterocycles. The Bertz CT molecular complexity index is 1140. The van der Waals surface area contributed by atoms with Gasteiger partial charge in [0, 0.05) is 35.9 Å². The lowest BCUT2D eigenvalue weighted by molar-refractivity contribution is -0.116. The van der Waals surface area contributed by atoms with Gasteiger partial charge in [-0.25, -0.2) is 13.8 Å². The molecular weight excluding hydrogens is 410 g/mol. The van der Waals surface area contributed by atoms with Gasteiger partial charge < -0.3 is 9.84 Å². The van der Waals surface area contributed by atoms with Crippen LogP contribution in [0.25, 0.3) is 11.4 Å². The Balaban J connectivity index is 1.28. The Kier molecular flexibility index (Phi) is 5.89. The van der Waals surface area contributed by atoms with E-state index in [1.54, 1.807) is 30.5 Å². The molecule has 2 aromatic heterocycles. The number of nitrogens with one attached hydrogen (secondary N) is 1. The van der Waals surface area contributed by atoms with Crippen molar-refractivity contribution in [2.24, 2.45) is 0 Å². The highest BCUT2D eigenvalue weighted by molar-refractivity contribution is 7.15. The van der Waals surface area contributed by atoms with Gasteiger partial charge >= 0.3 is 0 Å². The summed E-state index contributed by atoms with van der Waals surface area (Å²) in [5, 5.41) is 7.10. The molecular formula is C21H16F2N4O2S. The van der Waals surface area contributed by atoms with Crippen molar-refractivity contribution in [2.45, 2.75) is 19.3 Å². The highest BCUT2D eigenvalue weighted by atomic mass is 32.1. The minimum Gasteiger partial charge on any atom is -0.339 e. The van der Waals surface area contributed by atoms with Crippen LogP contribution in [-0.4, -0.2) is 21.0 Å². The molecule has 0 radical (unpaired) electrons. The second kappa shape index (κ2) is 8.91. The maximum atomic E-state index is 13.0. The number of aryl methyl sites for hydroxylation is 1. The van der Waals surface area contributed by atoms with E-state index in [9.17, 15) is 13.6 Å². The number of hydrogen-bond donors (Lipinski definition) is 1. The third kappa shape index (κ3) is 5.12. The van der Waals surface area contributed by atoms with Crippen LogP contribution in [0.3, 0.4) is 0 Å². The first kappa shape index (κ1) is 19.8. The third-order valence-corrected chi connectivity index (χ3v) is 5.14. The molecule has 0 bridgehead atoms. The van der Waals surface area contributed by atoms with Gasteiger partial charge in [0.05, 0.1) is 0 Å². The molecule has 9 heteroatoms. The number of nitrogens with zero attached hydrogens (tertiary/aromatic N) is 3. The highest BCUT2D eigenvalue weighted by Crippen LogP contribution is 2.22. The van der Waals surface area contributed by atoms with E-state index in [0.717, 1.165) is 10.4 Å². The number of anilines is 1. The Labute approximate surface area is 174 Å². The summed E-state index contributed by atoms with van der Waals surface area (Å²) < 4.78 is 31.1. The second-order valence-corrected chi connectivity index (χ2v) is 7.62. The molecule has 152 valence electrons. The predicted octanol–water partition coefficient (Wildman–Crippen LogP) is 4.63. The molecule has 2 heterocycles. The third-order valence-electron chi connectivity index (χ3n) is 4.23. The summed E-state index contributed by atoms with van der Waals surface area (Å²) in [6.07, 6.45) is 2.73. The summed E-state index contributed by atoms with van der Waals surface area (Å²) in [5.41, 5.74) is 1.60. The van der Waals surface area contributed by atoms with E-state index in [2.05, 4.69) is 20.4 Å². The summed E-state index contributed by atoms with van der Waals surface area (Å²) in [7, 11) is 0. The minimum absolute atomic E-state index is 0.151. The number of benzene rings is 2. The van der Waals surface area contributed by atoms with Crippen LogP contribution in [0.2, 0.25) is 0 Å². The molecule has 1 N–H and O–H groups in total. The van der Waals surface area contributed by atoms with Crippen molar-refractivity contribution >= 4 is 22.4 Å². The molecule has 6 nitrogen and oxygen atoms in total. The maximum Gasteiger partial charge on any atom is 0.227 e. The van der Waals surface area contributed by atoms with Crippen molar-refractivity contribution in [1.82, 2.24) is 15.1 Å². The zero-order chi connectivity index (χ0) is 20.9. The molecule has 0 aliphatic carbocycles. The van der Waals surface area contributed by atoms with E-state index in [-0.39, 0.29) is 30.4 Å². The van der Waals surface area contributed by atoms with Gasteiger partial charge in [0.2, 0.25) is 17.6 Å². The van der Waals surface area contributed by atoms with Crippen LogP contribution >= 0.6 is 11.3 Å². The van der Waals surface area contributed by atoms with E-state index >= 15 is 0 Å². The van der Waals surface area contributed by atoms with Crippen molar-refractivity contribution in [2.75, 3.05) is 5.32 Å². The van der Waals surface area contributed by atoms with E-state index < -0.39 is 0 Å². The summed E-state index contributed by atoms with van der Waals surface area (Å²) in [6, 6.07) is 12.0. The number of rotatable bonds is 7. The topological polar surface area (TPSA) is 80.9 Å². The minimum atomic E-state index is -0.345. The van der Waals surface area contributed by atoms with Crippen molar-refractivity contribution in [3.8, 4) is 11.4 Å². The number of hydrogen-bond acceptors (Lipinski definition) is 6. The first-order chi connectivity index (χ1) is 14.5. The SMILES string of the molecule is O=C(CCc1nc(-c2ccc(F)cc2)no1)Nc1ncc(Cc2ccc(F)cc2)s1. The first-order valence-corrected chi connectivity index (χ1v) is 9.94. The molecule has 0 saturated carbocycles. The van der Waals surface area contributed by atoms with Crippen molar-refractivity contribution < 1.29 is 18.1 Å². The first-order valence-electron chi connectivity index (χ1n) is 9.13. The van der Waals surface area contributed by atoms with E-state index in [0.29, 0.717) is 28.8 Å². The molecule has 0 unspecified atom stereocenters. The smallest absolute Gasteiger partial charge is 0.227 e. The lowest BCUT2D eigenvalue weighted by atomic mass is 10.1. The fourth-order valence-corrected chi connectivity index (χ4v) is 3.59. The molecule has 4 rings (SSSR count). The zero-order valence-corrected chi connectivity index (χ0v) is 16.5. The Morgan fingerprint density at radius 2 is 1.73 bits per heavy atom. The number of carbonyl (C=O) groups excluding carboxylic acids is 1. The average Bonchev–Trinajstić information content (AvgIpc) is 3.38. The molecule has 0 fully saturated rings. The number of carbonyl (C=O) groups is 1. The predicted molar refractivity (Wildman–Crippen MR) is 108 cm³/mol. The van der Waals surface area contributed by atoms with Crippen LogP contribution in [0.15, 0.2) is 59.3 Å². The van der Waals surface area contributed by atoms with Crippen LogP contribution in [0.4, 0.5) is 13.9 Å². The van der Waals surface area contributed by atoms with Crippen LogP contribution in [0.5, 0.6) is 0 Å². The Morgan fingerprint density at radius 3 is 2.47 bits per heavy atom. The van der Waals surface area contributed by atoms with Gasteiger partial charge in [-0.05, 0) is 42.0 Å². The second-order valence-electron chi connectivity index (χ2n) is 6.50. The van der Waals surface area contributed by atoms with Gasteiger partial charge in [0.1, 0.15) is 11.6 Å². The largest absolute Gasteiger partial charge is 0.339 e. The summed E-state index contributed by atoms with van der Waals surface area (Å²) in [4.78, 5) is 21.6. The van der Waals surface area contributed by atoms with Gasteiger partial charge in [-0.2, -0.15) is 4.98 Å². The molecule has 0 spiro atoms. The highest BCUT2D eigenvalue weighted by Gasteiger charge is 2.12. The van der Waals surface area contributed by atoms with E-state index in [1.165, 1.54) is 35.6 Å². The molecule has 0 aliphatic rings. The van der Waals surface area contributed by atoms with Gasteiger partial charge in [-0.1, -0.05) is 17.3 Å². The van der Waals surface area contributed by atoms with Gasteiger partial charge in [0.25, 0.3) is 0 Å². The molecule has 30 heavy (non-hydrogen) atoms. The van der Waals surface area contributed by atoms with Crippen LogP contribution < -0.4 is 5.32 Å². The molecule has 2 aromatic carbocycles. The van der Waals surface area contributed by atoms with Gasteiger partial charge in [0.15, 0.2) is 5.13 Å². The molecule has 4 aromatic rings. The number of amides is 1. The lowest BCUT2D eigenvalue weighted by Gasteiger charge is -1.99. The van der Waals surface area contributed by atoms with Crippen LogP contribution in [-0.2, 0) is 17.6 Å². The van der Waals surface area contributed by atoms with Crippen LogP contribution in [0.1, 0.15) is 22.8 Å². The molecule has 0 aliphatic heterocycles. The zero-order valence-electron chi connectivity index (χ0n) is 15.6. The lowest BCUT2D eigenvalue weighted by Crippen LogP contribution is -2.12. The Hall–Kier alpha value is -3.46. The quantitative estimate of drug-likeness (QED) is 0.466. The normalized spacial score (nSPS) is 10.9. The summed E-state index contributed by atoms with van der Waals surface area (Å²) >= 11 is 1.37. The number of aromatic nitrogens is 3. The van der Waals surface area contributed by atoms with Crippen molar-refractivity contribution in [3.05, 3.63) is 82.7 Å². The maximum absolute atomic E-state index is 13.0. The van der Waals surface area contributed by atoms with Gasteiger partial charge in [-0.15, -0.1) is 11.3 Å². The number of halogens is 2. The molecule has 1 amide bonds. The van der Waals surface area contributed by atoms with Crippen molar-refractivity contribution in [3.63, 3.8) is 0 Å².